The molecular weight excluding hydrogens is 451 g/mol. The van der Waals surface area contributed by atoms with Crippen LogP contribution in [0.15, 0.2) is 53.3 Å². The zero-order chi connectivity index (χ0) is 26.4. The van der Waals surface area contributed by atoms with Gasteiger partial charge in [-0.3, -0.25) is 4.90 Å². The molecule has 1 aromatic carbocycles. The van der Waals surface area contributed by atoms with Crippen molar-refractivity contribution in [1.82, 2.24) is 9.88 Å². The lowest BCUT2D eigenvalue weighted by atomic mass is 9.90. The molecule has 2 rings (SSSR count). The largest absolute Gasteiger partial charge is 0.402 e. The summed E-state index contributed by atoms with van der Waals surface area (Å²) in [6.07, 6.45) is 5.21. The van der Waals surface area contributed by atoms with Gasteiger partial charge >= 0.3 is 0 Å². The maximum Gasteiger partial charge on any atom is 0.270 e. The first-order valence-electron chi connectivity index (χ1n) is 11.7. The van der Waals surface area contributed by atoms with E-state index in [-0.39, 0.29) is 23.6 Å². The lowest BCUT2D eigenvalue weighted by molar-refractivity contribution is 0.0170. The number of benzene rings is 1. The van der Waals surface area contributed by atoms with Gasteiger partial charge in [-0.05, 0) is 82.1 Å². The van der Waals surface area contributed by atoms with Crippen LogP contribution in [0.4, 0.5) is 19.0 Å². The fraction of sp³-hybridized carbons (Fsp3) is 0.444. The second-order valence-corrected chi connectivity index (χ2v) is 9.28. The van der Waals surface area contributed by atoms with Crippen LogP contribution in [0, 0.1) is 5.41 Å². The number of aromatic nitrogens is 1. The Morgan fingerprint density at radius 3 is 2.37 bits per heavy atom. The minimum atomic E-state index is -3.06. The zero-order valence-corrected chi connectivity index (χ0v) is 21.4. The molecule has 5 nitrogen and oxygen atoms in total. The summed E-state index contributed by atoms with van der Waals surface area (Å²) >= 11 is 0. The Morgan fingerprint density at radius 1 is 1.20 bits per heavy atom. The molecule has 1 aromatic heterocycles. The normalized spacial score (nSPS) is 15.7. The molecule has 2 unspecified atom stereocenters. The Balaban J connectivity index is 2.29. The highest BCUT2D eigenvalue weighted by atomic mass is 19.3. The number of pyridine rings is 1. The first-order chi connectivity index (χ1) is 16.3. The predicted molar refractivity (Wildman–Crippen MR) is 138 cm³/mol. The van der Waals surface area contributed by atoms with Crippen molar-refractivity contribution in [2.75, 3.05) is 13.6 Å². The second-order valence-electron chi connectivity index (χ2n) is 9.28. The van der Waals surface area contributed by atoms with Gasteiger partial charge in [0.15, 0.2) is 5.82 Å². The van der Waals surface area contributed by atoms with Gasteiger partial charge < -0.3 is 11.1 Å². The summed E-state index contributed by atoms with van der Waals surface area (Å²) in [5.74, 6) is -2.57. The molecule has 0 aliphatic heterocycles. The standard InChI is InChI=1S/C27H36F3N5/c1-7-26(4,28)22-13-20(14-23(15-22)27(5,29)30)10-11-35(6)19(3)24(12-18(2)32)34-25-9-8-21(16-31)17-33-25/h8-9,12-17,19,31H,7,10-11,32H2,1-6H3. The molecular formula is C27H36F3N5. The van der Waals surface area contributed by atoms with Crippen LogP contribution >= 0.6 is 0 Å². The first-order valence-corrected chi connectivity index (χ1v) is 11.7. The molecule has 0 aliphatic carbocycles. The fourth-order valence-corrected chi connectivity index (χ4v) is 3.48. The number of rotatable bonds is 11. The Bertz CT molecular complexity index is 1070. The van der Waals surface area contributed by atoms with E-state index in [0.29, 0.717) is 41.3 Å². The minimum Gasteiger partial charge on any atom is -0.402 e. The molecule has 0 radical (unpaired) electrons. The summed E-state index contributed by atoms with van der Waals surface area (Å²) in [6.45, 7) is 8.23. The minimum absolute atomic E-state index is 0.157. The number of allylic oxidation sites excluding steroid dienone is 1. The molecule has 0 saturated heterocycles. The van der Waals surface area contributed by atoms with Crippen molar-refractivity contribution in [3.05, 3.63) is 70.6 Å². The summed E-state index contributed by atoms with van der Waals surface area (Å²) < 4.78 is 43.3. The number of nitrogens with zero attached hydrogens (tertiary/aromatic N) is 3. The number of alkyl halides is 3. The van der Waals surface area contributed by atoms with Gasteiger partial charge in [0.2, 0.25) is 0 Å². The third kappa shape index (κ3) is 8.02. The summed E-state index contributed by atoms with van der Waals surface area (Å²) in [5, 5.41) is 7.30. The lowest BCUT2D eigenvalue weighted by Gasteiger charge is -2.26. The molecule has 0 spiro atoms. The molecule has 1 heterocycles. The maximum atomic E-state index is 15.0. The Kier molecular flexibility index (Phi) is 9.38. The van der Waals surface area contributed by atoms with Gasteiger partial charge in [-0.2, -0.15) is 0 Å². The maximum absolute atomic E-state index is 15.0. The number of nitrogens with two attached hydrogens (primary N) is 1. The van der Waals surface area contributed by atoms with E-state index < -0.39 is 11.6 Å². The highest BCUT2D eigenvalue weighted by molar-refractivity contribution is 6.00. The smallest absolute Gasteiger partial charge is 0.270 e. The summed E-state index contributed by atoms with van der Waals surface area (Å²) in [4.78, 5) is 10.9. The summed E-state index contributed by atoms with van der Waals surface area (Å²) in [7, 11) is 1.91. The number of halogens is 3. The number of hydrogen-bond donors (Lipinski definition) is 2. The highest BCUT2D eigenvalue weighted by Crippen LogP contribution is 2.35. The van der Waals surface area contributed by atoms with Gasteiger partial charge in [0.25, 0.3) is 5.92 Å². The SMILES string of the molecule is CCC(C)(F)c1cc(CCN(C)C(C)C(C=C(C)N)=Nc2ccc(C=N)cn2)cc(C(C)(F)F)c1. The van der Waals surface area contributed by atoms with Crippen LogP contribution in [0.2, 0.25) is 0 Å². The Labute approximate surface area is 206 Å². The molecule has 190 valence electrons. The van der Waals surface area contributed by atoms with E-state index in [0.717, 1.165) is 6.92 Å². The Morgan fingerprint density at radius 2 is 1.86 bits per heavy atom. The van der Waals surface area contributed by atoms with Crippen LogP contribution in [-0.4, -0.2) is 41.4 Å². The van der Waals surface area contributed by atoms with Crippen molar-refractivity contribution in [2.45, 2.75) is 65.1 Å². The van der Waals surface area contributed by atoms with Gasteiger partial charge in [0, 0.05) is 48.7 Å². The van der Waals surface area contributed by atoms with Crippen LogP contribution in [0.5, 0.6) is 0 Å². The van der Waals surface area contributed by atoms with Crippen molar-refractivity contribution in [3.63, 3.8) is 0 Å². The topological polar surface area (TPSA) is 78.4 Å². The molecule has 2 atom stereocenters. The Hall–Kier alpha value is -3.00. The first kappa shape index (κ1) is 28.2. The average Bonchev–Trinajstić information content (AvgIpc) is 2.81. The number of hydrogen-bond acceptors (Lipinski definition) is 5. The summed E-state index contributed by atoms with van der Waals surface area (Å²) in [6, 6.07) is 7.75. The van der Waals surface area contributed by atoms with Crippen molar-refractivity contribution in [2.24, 2.45) is 10.7 Å². The van der Waals surface area contributed by atoms with E-state index in [4.69, 9.17) is 11.1 Å². The fourth-order valence-electron chi connectivity index (χ4n) is 3.48. The monoisotopic (exact) mass is 487 g/mol. The van der Waals surface area contributed by atoms with Gasteiger partial charge in [-0.25, -0.2) is 23.1 Å². The zero-order valence-electron chi connectivity index (χ0n) is 21.4. The average molecular weight is 488 g/mol. The summed E-state index contributed by atoms with van der Waals surface area (Å²) in [5.41, 5.74) is 6.95. The van der Waals surface area contributed by atoms with Gasteiger partial charge in [-0.1, -0.05) is 13.0 Å². The van der Waals surface area contributed by atoms with E-state index in [2.05, 4.69) is 9.98 Å². The van der Waals surface area contributed by atoms with E-state index in [1.54, 1.807) is 44.3 Å². The molecule has 8 heteroatoms. The van der Waals surface area contributed by atoms with Crippen LogP contribution in [0.1, 0.15) is 63.3 Å². The molecule has 0 bridgehead atoms. The quantitative estimate of drug-likeness (QED) is 0.366. The van der Waals surface area contributed by atoms with E-state index in [1.165, 1.54) is 25.3 Å². The molecule has 0 aliphatic rings. The van der Waals surface area contributed by atoms with Crippen LogP contribution < -0.4 is 5.73 Å². The van der Waals surface area contributed by atoms with Gasteiger partial charge in [0.1, 0.15) is 5.67 Å². The third-order valence-corrected chi connectivity index (χ3v) is 6.16. The van der Waals surface area contributed by atoms with Crippen LogP contribution in [0.25, 0.3) is 0 Å². The van der Waals surface area contributed by atoms with E-state index >= 15 is 4.39 Å². The van der Waals surface area contributed by atoms with Crippen LogP contribution in [-0.2, 0) is 18.0 Å². The van der Waals surface area contributed by atoms with Crippen molar-refractivity contribution in [1.29, 1.82) is 5.41 Å². The highest BCUT2D eigenvalue weighted by Gasteiger charge is 2.30. The van der Waals surface area contributed by atoms with E-state index in [9.17, 15) is 8.78 Å². The number of likely N-dealkylation sites (N-methyl/N-ethyl adjacent to an activating group) is 1. The lowest BCUT2D eigenvalue weighted by Crippen LogP contribution is -2.37. The molecule has 0 fully saturated rings. The molecule has 2 aromatic rings. The molecule has 0 saturated carbocycles. The van der Waals surface area contributed by atoms with Gasteiger partial charge in [-0.15, -0.1) is 0 Å². The molecule has 0 amide bonds. The van der Waals surface area contributed by atoms with Crippen molar-refractivity contribution in [3.8, 4) is 0 Å². The van der Waals surface area contributed by atoms with E-state index in [1.807, 2.05) is 18.9 Å². The predicted octanol–water partition coefficient (Wildman–Crippen LogP) is 6.28. The van der Waals surface area contributed by atoms with Crippen molar-refractivity contribution >= 4 is 17.7 Å². The van der Waals surface area contributed by atoms with Gasteiger partial charge in [0.05, 0.1) is 5.71 Å². The second kappa shape index (κ2) is 11.6. The third-order valence-electron chi connectivity index (χ3n) is 6.16. The number of nitrogens with one attached hydrogen (secondary N) is 1. The number of aliphatic imine (C=N–C) groups is 1. The molecule has 3 N–H and O–H groups in total. The van der Waals surface area contributed by atoms with Crippen LogP contribution in [0.3, 0.4) is 0 Å². The molecule has 35 heavy (non-hydrogen) atoms. The van der Waals surface area contributed by atoms with Crippen molar-refractivity contribution < 1.29 is 13.2 Å².